The van der Waals surface area contributed by atoms with Gasteiger partial charge in [-0.25, -0.2) is 4.21 Å². The second-order valence-electron chi connectivity index (χ2n) is 2.44. The number of nitrogen functional groups attached to an aromatic ring is 1. The fourth-order valence-electron chi connectivity index (χ4n) is 0.782. The monoisotopic (exact) mass is 225 g/mol. The number of aromatic hydroxyl groups is 1. The van der Waals surface area contributed by atoms with Gasteiger partial charge in [-0.3, -0.25) is 0 Å². The van der Waals surface area contributed by atoms with Crippen LogP contribution in [0.4, 0.5) is 18.9 Å². The highest BCUT2D eigenvalue weighted by Gasteiger charge is 2.38. The predicted molar refractivity (Wildman–Crippen MR) is 45.0 cm³/mol. The number of anilines is 1. The van der Waals surface area contributed by atoms with Crippen LogP contribution in [-0.4, -0.2) is 14.8 Å². The molecule has 0 aliphatic rings. The molecule has 0 saturated heterocycles. The topological polar surface area (TPSA) is 63.3 Å². The first-order valence-corrected chi connectivity index (χ1v) is 4.54. The molecule has 0 fully saturated rings. The van der Waals surface area contributed by atoms with E-state index < -0.39 is 21.2 Å². The highest BCUT2D eigenvalue weighted by atomic mass is 32.2. The van der Waals surface area contributed by atoms with Crippen LogP contribution in [0.1, 0.15) is 0 Å². The minimum Gasteiger partial charge on any atom is -0.506 e. The summed E-state index contributed by atoms with van der Waals surface area (Å²) in [7, 11) is -3.11. The van der Waals surface area contributed by atoms with Crippen LogP contribution in [0.15, 0.2) is 23.1 Å². The van der Waals surface area contributed by atoms with Gasteiger partial charge in [-0.15, -0.1) is 0 Å². The number of hydrogen-bond donors (Lipinski definition) is 2. The molecule has 0 radical (unpaired) electrons. The summed E-state index contributed by atoms with van der Waals surface area (Å²) in [5.74, 6) is -0.340. The average molecular weight is 225 g/mol. The molecule has 1 aromatic rings. The summed E-state index contributed by atoms with van der Waals surface area (Å²) in [5, 5.41) is 8.92. The lowest BCUT2D eigenvalue weighted by Gasteiger charge is -2.06. The van der Waals surface area contributed by atoms with Crippen molar-refractivity contribution < 1.29 is 22.5 Å². The van der Waals surface area contributed by atoms with Crippen molar-refractivity contribution in [3.05, 3.63) is 18.2 Å². The van der Waals surface area contributed by atoms with Gasteiger partial charge in [-0.2, -0.15) is 13.2 Å². The maximum Gasteiger partial charge on any atom is 0.475 e. The van der Waals surface area contributed by atoms with Gasteiger partial charge in [-0.1, -0.05) is 0 Å². The van der Waals surface area contributed by atoms with E-state index in [0.717, 1.165) is 18.2 Å². The van der Waals surface area contributed by atoms with Crippen LogP contribution in [0.25, 0.3) is 0 Å². The zero-order valence-electron chi connectivity index (χ0n) is 6.71. The fourth-order valence-corrected chi connectivity index (χ4v) is 1.47. The van der Waals surface area contributed by atoms with Crippen molar-refractivity contribution in [2.75, 3.05) is 5.73 Å². The summed E-state index contributed by atoms with van der Waals surface area (Å²) in [5.41, 5.74) is 0.0978. The smallest absolute Gasteiger partial charge is 0.475 e. The molecule has 0 amide bonds. The maximum atomic E-state index is 12.0. The fraction of sp³-hybridized carbons (Fsp3) is 0.143. The molecule has 0 heterocycles. The first-order chi connectivity index (χ1) is 6.32. The second-order valence-corrected chi connectivity index (χ2v) is 3.91. The van der Waals surface area contributed by atoms with Crippen molar-refractivity contribution in [3.8, 4) is 5.75 Å². The minimum atomic E-state index is -4.82. The third kappa shape index (κ3) is 2.16. The number of halogens is 3. The van der Waals surface area contributed by atoms with Crippen LogP contribution < -0.4 is 5.73 Å². The Morgan fingerprint density at radius 3 is 2.36 bits per heavy atom. The van der Waals surface area contributed by atoms with Crippen molar-refractivity contribution in [1.29, 1.82) is 0 Å². The van der Waals surface area contributed by atoms with Gasteiger partial charge in [0.25, 0.3) is 0 Å². The number of hydrogen-bond acceptors (Lipinski definition) is 3. The first-order valence-electron chi connectivity index (χ1n) is 3.39. The van der Waals surface area contributed by atoms with Gasteiger partial charge in [0.1, 0.15) is 5.75 Å². The van der Waals surface area contributed by atoms with Crippen LogP contribution in [0.2, 0.25) is 0 Å². The summed E-state index contributed by atoms with van der Waals surface area (Å²) in [6.45, 7) is 0. The molecule has 3 nitrogen and oxygen atoms in total. The Morgan fingerprint density at radius 1 is 1.36 bits per heavy atom. The normalized spacial score (nSPS) is 13.9. The zero-order chi connectivity index (χ0) is 10.9. The van der Waals surface area contributed by atoms with E-state index in [1.54, 1.807) is 0 Å². The van der Waals surface area contributed by atoms with E-state index in [1.165, 1.54) is 0 Å². The summed E-state index contributed by atoms with van der Waals surface area (Å²) in [6.07, 6.45) is 0. The molecule has 14 heavy (non-hydrogen) atoms. The second kappa shape index (κ2) is 3.49. The molecule has 0 aliphatic heterocycles. The highest BCUT2D eigenvalue weighted by Crippen LogP contribution is 2.29. The lowest BCUT2D eigenvalue weighted by Crippen LogP contribution is -2.16. The van der Waals surface area contributed by atoms with Crippen LogP contribution in [0, 0.1) is 0 Å². The Labute approximate surface area is 79.8 Å². The average Bonchev–Trinajstić information content (AvgIpc) is 2.07. The van der Waals surface area contributed by atoms with Crippen LogP contribution in [0.5, 0.6) is 5.75 Å². The van der Waals surface area contributed by atoms with Crippen molar-refractivity contribution in [2.24, 2.45) is 0 Å². The molecule has 0 bridgehead atoms. The molecule has 1 aromatic carbocycles. The van der Waals surface area contributed by atoms with Crippen LogP contribution in [0.3, 0.4) is 0 Å². The van der Waals surface area contributed by atoms with Gasteiger partial charge >= 0.3 is 5.51 Å². The number of nitrogens with two attached hydrogens (primary N) is 1. The molecule has 0 saturated carbocycles. The van der Waals surface area contributed by atoms with Crippen molar-refractivity contribution in [1.82, 2.24) is 0 Å². The molecular weight excluding hydrogens is 219 g/mol. The minimum absolute atomic E-state index is 0.236. The van der Waals surface area contributed by atoms with E-state index in [9.17, 15) is 17.4 Å². The highest BCUT2D eigenvalue weighted by molar-refractivity contribution is 7.86. The summed E-state index contributed by atoms with van der Waals surface area (Å²) < 4.78 is 46.7. The third-order valence-corrected chi connectivity index (χ3v) is 2.53. The Kier molecular flexibility index (Phi) is 2.70. The summed E-state index contributed by atoms with van der Waals surface area (Å²) in [4.78, 5) is -0.479. The van der Waals surface area contributed by atoms with Gasteiger partial charge in [0.2, 0.25) is 0 Å². The maximum absolute atomic E-state index is 12.0. The lowest BCUT2D eigenvalue weighted by molar-refractivity contribution is -0.0384. The van der Waals surface area contributed by atoms with Gasteiger partial charge in [0.05, 0.1) is 10.6 Å². The number of phenolic OH excluding ortho intramolecular Hbond substituents is 1. The zero-order valence-corrected chi connectivity index (χ0v) is 7.52. The van der Waals surface area contributed by atoms with Crippen molar-refractivity contribution >= 4 is 16.5 Å². The van der Waals surface area contributed by atoms with Crippen LogP contribution >= 0.6 is 0 Å². The number of phenols is 1. The van der Waals surface area contributed by atoms with Gasteiger partial charge in [0, 0.05) is 0 Å². The number of rotatable bonds is 1. The largest absolute Gasteiger partial charge is 0.506 e. The lowest BCUT2D eigenvalue weighted by atomic mass is 10.3. The number of alkyl halides is 3. The van der Waals surface area contributed by atoms with Gasteiger partial charge < -0.3 is 10.8 Å². The van der Waals surface area contributed by atoms with E-state index >= 15 is 0 Å². The van der Waals surface area contributed by atoms with Crippen molar-refractivity contribution in [3.63, 3.8) is 0 Å². The number of benzene rings is 1. The SMILES string of the molecule is Nc1cc(S(=O)C(F)(F)F)ccc1O. The van der Waals surface area contributed by atoms with E-state index in [0.29, 0.717) is 0 Å². The molecular formula is C7H6F3NO2S. The standard InChI is InChI=1S/C7H6F3NO2S/c8-7(9,10)14(13)4-1-2-6(12)5(11)3-4/h1-3,12H,11H2. The Balaban J connectivity index is 3.10. The quantitative estimate of drug-likeness (QED) is 0.563. The molecule has 1 rings (SSSR count). The first kappa shape index (κ1) is 10.8. The molecule has 1 unspecified atom stereocenters. The molecule has 7 heteroatoms. The van der Waals surface area contributed by atoms with Crippen LogP contribution in [-0.2, 0) is 10.8 Å². The molecule has 1 atom stereocenters. The molecule has 78 valence electrons. The Morgan fingerprint density at radius 2 is 1.93 bits per heavy atom. The van der Waals surface area contributed by atoms with E-state index in [2.05, 4.69) is 0 Å². The van der Waals surface area contributed by atoms with Crippen molar-refractivity contribution in [2.45, 2.75) is 10.4 Å². The van der Waals surface area contributed by atoms with E-state index in [-0.39, 0.29) is 11.4 Å². The molecule has 3 N–H and O–H groups in total. The molecule has 0 aromatic heterocycles. The summed E-state index contributed by atoms with van der Waals surface area (Å²) in [6, 6.07) is 2.71. The third-order valence-electron chi connectivity index (χ3n) is 1.42. The Bertz CT molecular complexity index is 378. The van der Waals surface area contributed by atoms with E-state index in [1.807, 2.05) is 0 Å². The molecule has 0 spiro atoms. The predicted octanol–water partition coefficient (Wildman–Crippen LogP) is 1.60. The Hall–Kier alpha value is -1.24. The molecule has 0 aliphatic carbocycles. The van der Waals surface area contributed by atoms with Gasteiger partial charge in [-0.05, 0) is 18.2 Å². The van der Waals surface area contributed by atoms with E-state index in [4.69, 9.17) is 10.8 Å². The summed E-state index contributed by atoms with van der Waals surface area (Å²) >= 11 is 0. The van der Waals surface area contributed by atoms with Gasteiger partial charge in [0.15, 0.2) is 10.8 Å².